The number of nitro groups is 1. The van der Waals surface area contributed by atoms with E-state index in [1.807, 2.05) is 4.90 Å². The van der Waals surface area contributed by atoms with Crippen LogP contribution in [0.25, 0.3) is 6.08 Å². The van der Waals surface area contributed by atoms with Gasteiger partial charge in [-0.25, -0.2) is 4.79 Å². The van der Waals surface area contributed by atoms with Crippen LogP contribution in [0.2, 0.25) is 0 Å². The van der Waals surface area contributed by atoms with Crippen molar-refractivity contribution in [1.29, 1.82) is 0 Å². The number of hydrogen-bond donors (Lipinski definition) is 0. The van der Waals surface area contributed by atoms with E-state index >= 15 is 0 Å². The zero-order valence-corrected chi connectivity index (χ0v) is 14.2. The van der Waals surface area contributed by atoms with E-state index in [9.17, 15) is 14.9 Å². The van der Waals surface area contributed by atoms with Crippen molar-refractivity contribution in [3.63, 3.8) is 0 Å². The number of rotatable bonds is 6. The van der Waals surface area contributed by atoms with Crippen molar-refractivity contribution in [3.05, 3.63) is 40.0 Å². The van der Waals surface area contributed by atoms with E-state index in [1.165, 1.54) is 25.3 Å². The van der Waals surface area contributed by atoms with E-state index in [1.54, 1.807) is 12.1 Å². The molecule has 2 rings (SSSR count). The molecule has 0 aliphatic carbocycles. The van der Waals surface area contributed by atoms with Gasteiger partial charge in [-0.2, -0.15) is 0 Å². The molecule has 0 saturated carbocycles. The number of nitrogens with zero attached hydrogens (tertiary/aromatic N) is 3. The zero-order chi connectivity index (χ0) is 18.2. The molecule has 1 aliphatic heterocycles. The average Bonchev–Trinajstić information content (AvgIpc) is 2.64. The molecule has 25 heavy (non-hydrogen) atoms. The minimum atomic E-state index is -0.505. The number of ether oxygens (including phenoxy) is 1. The quantitative estimate of drug-likeness (QED) is 0.258. The third-order valence-electron chi connectivity index (χ3n) is 4.09. The molecule has 1 aromatic rings. The van der Waals surface area contributed by atoms with Crippen LogP contribution in [-0.4, -0.2) is 55.6 Å². The van der Waals surface area contributed by atoms with Gasteiger partial charge in [-0.3, -0.25) is 15.0 Å². The lowest BCUT2D eigenvalue weighted by molar-refractivity contribution is -0.384. The molecule has 1 aliphatic rings. The second kappa shape index (κ2) is 8.85. The minimum absolute atomic E-state index is 0.0316. The number of piperazine rings is 1. The molecule has 0 N–H and O–H groups in total. The van der Waals surface area contributed by atoms with Crippen LogP contribution >= 0.6 is 0 Å². The number of methoxy groups -OCH3 is 1. The van der Waals surface area contributed by atoms with E-state index in [2.05, 4.69) is 15.6 Å². The van der Waals surface area contributed by atoms with Gasteiger partial charge < -0.3 is 9.64 Å². The Morgan fingerprint density at radius 3 is 2.72 bits per heavy atom. The van der Waals surface area contributed by atoms with Gasteiger partial charge in [-0.1, -0.05) is 6.07 Å². The fourth-order valence-electron chi connectivity index (χ4n) is 2.73. The lowest BCUT2D eigenvalue weighted by atomic mass is 10.1. The highest BCUT2D eigenvalue weighted by Gasteiger charge is 2.23. The first-order valence-corrected chi connectivity index (χ1v) is 8.00. The van der Waals surface area contributed by atoms with Crippen LogP contribution in [0.5, 0.6) is 0 Å². The van der Waals surface area contributed by atoms with Gasteiger partial charge in [0.05, 0.1) is 12.0 Å². The zero-order valence-electron chi connectivity index (χ0n) is 14.2. The molecular formula is C18H21N3O4. The first kappa shape index (κ1) is 18.5. The van der Waals surface area contributed by atoms with E-state index in [0.717, 1.165) is 19.6 Å². The summed E-state index contributed by atoms with van der Waals surface area (Å²) in [6, 6.07) is 4.96. The fourth-order valence-corrected chi connectivity index (χ4v) is 2.73. The lowest BCUT2D eigenvalue weighted by Gasteiger charge is -2.35. The fraction of sp³-hybridized carbons (Fsp3) is 0.389. The molecule has 0 atom stereocenters. The minimum Gasteiger partial charge on any atom is -0.466 e. The summed E-state index contributed by atoms with van der Waals surface area (Å²) in [7, 11) is 1.28. The van der Waals surface area contributed by atoms with Crippen LogP contribution in [0.1, 0.15) is 12.0 Å². The van der Waals surface area contributed by atoms with Crippen molar-refractivity contribution in [2.75, 3.05) is 44.7 Å². The van der Waals surface area contributed by atoms with Crippen molar-refractivity contribution in [1.82, 2.24) is 4.90 Å². The molecule has 0 spiro atoms. The normalized spacial score (nSPS) is 15.1. The van der Waals surface area contributed by atoms with Crippen molar-refractivity contribution in [3.8, 4) is 12.3 Å². The van der Waals surface area contributed by atoms with E-state index < -0.39 is 10.9 Å². The first-order valence-electron chi connectivity index (χ1n) is 8.00. The Kier molecular flexibility index (Phi) is 6.54. The Bertz CT molecular complexity index is 701. The monoisotopic (exact) mass is 343 g/mol. The number of terminal acetylenes is 1. The number of benzene rings is 1. The van der Waals surface area contributed by atoms with Crippen LogP contribution in [-0.2, 0) is 9.53 Å². The predicted octanol–water partition coefficient (Wildman–Crippen LogP) is 1.93. The van der Waals surface area contributed by atoms with Gasteiger partial charge >= 0.3 is 5.97 Å². The molecule has 7 heteroatoms. The number of esters is 1. The van der Waals surface area contributed by atoms with Crippen LogP contribution in [0.4, 0.5) is 11.4 Å². The molecule has 0 unspecified atom stereocenters. The lowest BCUT2D eigenvalue weighted by Crippen LogP contribution is -2.46. The highest BCUT2D eigenvalue weighted by atomic mass is 16.6. The molecule has 7 nitrogen and oxygen atoms in total. The van der Waals surface area contributed by atoms with Gasteiger partial charge in [0.25, 0.3) is 5.69 Å². The van der Waals surface area contributed by atoms with Crippen LogP contribution in [0.15, 0.2) is 24.3 Å². The molecular weight excluding hydrogens is 322 g/mol. The number of hydrogen-bond acceptors (Lipinski definition) is 6. The average molecular weight is 343 g/mol. The topological polar surface area (TPSA) is 75.9 Å². The van der Waals surface area contributed by atoms with E-state index in [-0.39, 0.29) is 5.69 Å². The maximum absolute atomic E-state index is 11.4. The molecule has 1 saturated heterocycles. The first-order chi connectivity index (χ1) is 12.0. The Labute approximate surface area is 147 Å². The summed E-state index contributed by atoms with van der Waals surface area (Å²) in [5.74, 6) is 2.12. The Balaban J connectivity index is 2.13. The van der Waals surface area contributed by atoms with E-state index in [4.69, 9.17) is 6.42 Å². The van der Waals surface area contributed by atoms with Crippen LogP contribution in [0, 0.1) is 22.5 Å². The summed E-state index contributed by atoms with van der Waals surface area (Å²) in [5.41, 5.74) is 1.20. The molecule has 0 radical (unpaired) electrons. The Morgan fingerprint density at radius 1 is 1.40 bits per heavy atom. The van der Waals surface area contributed by atoms with Crippen LogP contribution < -0.4 is 4.90 Å². The third kappa shape index (κ3) is 5.06. The van der Waals surface area contributed by atoms with Gasteiger partial charge in [0.15, 0.2) is 0 Å². The number of carbonyl (C=O) groups is 1. The number of anilines is 1. The smallest absolute Gasteiger partial charge is 0.330 e. The summed E-state index contributed by atoms with van der Waals surface area (Å²) in [6.07, 6.45) is 8.74. The van der Waals surface area contributed by atoms with Gasteiger partial charge in [0, 0.05) is 51.3 Å². The molecule has 132 valence electrons. The highest BCUT2D eigenvalue weighted by molar-refractivity contribution is 5.87. The summed E-state index contributed by atoms with van der Waals surface area (Å²) < 4.78 is 4.52. The standard InChI is InChI=1S/C18H21N3O4/c1-3-4-9-19-10-12-20(13-11-19)16-7-5-15(6-8-18(22)25-2)14-17(16)21(23)24/h1,5-8,14H,4,9-13H2,2H3. The summed E-state index contributed by atoms with van der Waals surface area (Å²) in [4.78, 5) is 26.5. The Hall–Kier alpha value is -2.85. The molecule has 0 bridgehead atoms. The molecule has 0 amide bonds. The molecule has 1 aromatic carbocycles. The second-order valence-electron chi connectivity index (χ2n) is 5.64. The van der Waals surface area contributed by atoms with Crippen molar-refractivity contribution < 1.29 is 14.5 Å². The van der Waals surface area contributed by atoms with Crippen molar-refractivity contribution in [2.24, 2.45) is 0 Å². The predicted molar refractivity (Wildman–Crippen MR) is 96.2 cm³/mol. The van der Waals surface area contributed by atoms with Gasteiger partial charge in [-0.05, 0) is 17.7 Å². The number of nitro benzene ring substituents is 1. The maximum atomic E-state index is 11.4. The summed E-state index contributed by atoms with van der Waals surface area (Å²) in [5, 5.41) is 11.4. The second-order valence-corrected chi connectivity index (χ2v) is 5.64. The van der Waals surface area contributed by atoms with E-state index in [0.29, 0.717) is 30.8 Å². The Morgan fingerprint density at radius 2 is 2.12 bits per heavy atom. The van der Waals surface area contributed by atoms with Gasteiger partial charge in [0.1, 0.15) is 5.69 Å². The summed E-state index contributed by atoms with van der Waals surface area (Å²) in [6.45, 7) is 3.92. The SMILES string of the molecule is C#CCCN1CCN(c2ccc(C=CC(=O)OC)cc2[N+](=O)[O-])CC1. The van der Waals surface area contributed by atoms with Crippen LogP contribution in [0.3, 0.4) is 0 Å². The van der Waals surface area contributed by atoms with Gasteiger partial charge in [-0.15, -0.1) is 12.3 Å². The molecule has 0 aromatic heterocycles. The maximum Gasteiger partial charge on any atom is 0.330 e. The summed E-state index contributed by atoms with van der Waals surface area (Å²) >= 11 is 0. The molecule has 1 fully saturated rings. The van der Waals surface area contributed by atoms with Crippen molar-refractivity contribution >= 4 is 23.4 Å². The largest absolute Gasteiger partial charge is 0.466 e. The number of carbonyl (C=O) groups excluding carboxylic acids is 1. The van der Waals surface area contributed by atoms with Gasteiger partial charge in [0.2, 0.25) is 0 Å². The van der Waals surface area contributed by atoms with Crippen molar-refractivity contribution in [2.45, 2.75) is 6.42 Å². The molecule has 1 heterocycles. The highest BCUT2D eigenvalue weighted by Crippen LogP contribution is 2.30. The third-order valence-corrected chi connectivity index (χ3v) is 4.09.